The lowest BCUT2D eigenvalue weighted by Gasteiger charge is -2.12. The highest BCUT2D eigenvalue weighted by Gasteiger charge is 2.16. The van der Waals surface area contributed by atoms with Gasteiger partial charge in [0.05, 0.1) is 16.5 Å². The number of benzene rings is 2. The fraction of sp³-hybridized carbons (Fsp3) is 0.0476. The van der Waals surface area contributed by atoms with E-state index in [1.54, 1.807) is 30.6 Å². The second-order valence-corrected chi connectivity index (χ2v) is 6.50. The summed E-state index contributed by atoms with van der Waals surface area (Å²) < 4.78 is 15.4. The minimum absolute atomic E-state index is 0.221. The standard InChI is InChI=1S/C21H15FN6O/c22-17-9-5-4-6-13(17)10-23-21-24-11-15-18-16(12-25-27-18)20(29)28(19(15)26-21)14-7-2-1-3-8-14/h1-9,11-12H,10H2,(H,25,27)(H,23,24,26). The summed E-state index contributed by atoms with van der Waals surface area (Å²) in [4.78, 5) is 22.0. The third-order valence-electron chi connectivity index (χ3n) is 4.72. The van der Waals surface area contributed by atoms with E-state index in [1.807, 2.05) is 30.3 Å². The van der Waals surface area contributed by atoms with Gasteiger partial charge in [0.2, 0.25) is 5.95 Å². The number of H-pyrrole nitrogens is 1. The molecule has 0 fully saturated rings. The van der Waals surface area contributed by atoms with Gasteiger partial charge in [-0.05, 0) is 18.2 Å². The van der Waals surface area contributed by atoms with E-state index in [1.165, 1.54) is 10.6 Å². The Hall–Kier alpha value is -4.07. The molecule has 0 radical (unpaired) electrons. The van der Waals surface area contributed by atoms with Crippen LogP contribution in [0.2, 0.25) is 0 Å². The zero-order chi connectivity index (χ0) is 19.8. The molecule has 5 aromatic rings. The minimum Gasteiger partial charge on any atom is -0.350 e. The maximum atomic E-state index is 13.9. The predicted octanol–water partition coefficient (Wildman–Crippen LogP) is 3.41. The summed E-state index contributed by atoms with van der Waals surface area (Å²) >= 11 is 0. The van der Waals surface area contributed by atoms with E-state index in [0.29, 0.717) is 39.1 Å². The highest BCUT2D eigenvalue weighted by molar-refractivity contribution is 6.02. The SMILES string of the molecule is O=c1c2c[nH]nc2c2cnc(NCc3ccccc3F)nc2n1-c1ccccc1. The van der Waals surface area contributed by atoms with Crippen molar-refractivity contribution in [2.75, 3.05) is 5.32 Å². The van der Waals surface area contributed by atoms with Crippen molar-refractivity contribution in [1.29, 1.82) is 0 Å². The molecular formula is C21H15FN6O. The van der Waals surface area contributed by atoms with Gasteiger partial charge < -0.3 is 5.32 Å². The third-order valence-corrected chi connectivity index (χ3v) is 4.72. The fourth-order valence-electron chi connectivity index (χ4n) is 3.30. The Morgan fingerprint density at radius 3 is 2.66 bits per heavy atom. The Labute approximate surface area is 163 Å². The van der Waals surface area contributed by atoms with Crippen LogP contribution < -0.4 is 10.9 Å². The highest BCUT2D eigenvalue weighted by Crippen LogP contribution is 2.22. The van der Waals surface area contributed by atoms with Crippen molar-refractivity contribution in [2.45, 2.75) is 6.54 Å². The molecule has 3 aromatic heterocycles. The quantitative estimate of drug-likeness (QED) is 0.494. The summed E-state index contributed by atoms with van der Waals surface area (Å²) in [6.45, 7) is 0.221. The summed E-state index contributed by atoms with van der Waals surface area (Å²) in [7, 11) is 0. The molecule has 0 atom stereocenters. The van der Waals surface area contributed by atoms with Crippen LogP contribution in [0.15, 0.2) is 71.8 Å². The van der Waals surface area contributed by atoms with Crippen molar-refractivity contribution in [1.82, 2.24) is 24.7 Å². The molecular weight excluding hydrogens is 371 g/mol. The lowest BCUT2D eigenvalue weighted by molar-refractivity contribution is 0.612. The molecule has 0 spiro atoms. The number of aromatic amines is 1. The smallest absolute Gasteiger partial charge is 0.267 e. The lowest BCUT2D eigenvalue weighted by Crippen LogP contribution is -2.20. The highest BCUT2D eigenvalue weighted by atomic mass is 19.1. The maximum Gasteiger partial charge on any atom is 0.267 e. The third kappa shape index (κ3) is 2.91. The van der Waals surface area contributed by atoms with E-state index in [0.717, 1.165) is 0 Å². The number of nitrogens with one attached hydrogen (secondary N) is 2. The van der Waals surface area contributed by atoms with Crippen LogP contribution in [0.4, 0.5) is 10.3 Å². The van der Waals surface area contributed by atoms with Crippen LogP contribution in [0, 0.1) is 5.82 Å². The van der Waals surface area contributed by atoms with Gasteiger partial charge in [-0.1, -0.05) is 36.4 Å². The van der Waals surface area contributed by atoms with Gasteiger partial charge in [0, 0.05) is 24.5 Å². The van der Waals surface area contributed by atoms with Crippen LogP contribution in [-0.2, 0) is 6.54 Å². The molecule has 0 aliphatic heterocycles. The molecule has 8 heteroatoms. The molecule has 0 saturated carbocycles. The Morgan fingerprint density at radius 2 is 1.83 bits per heavy atom. The first-order chi connectivity index (χ1) is 14.2. The Kier molecular flexibility index (Phi) is 4.02. The Balaban J connectivity index is 1.67. The number of anilines is 1. The molecule has 142 valence electrons. The van der Waals surface area contributed by atoms with E-state index in [4.69, 9.17) is 0 Å². The minimum atomic E-state index is -0.305. The molecule has 29 heavy (non-hydrogen) atoms. The van der Waals surface area contributed by atoms with Crippen molar-refractivity contribution in [2.24, 2.45) is 0 Å². The van der Waals surface area contributed by atoms with Crippen LogP contribution >= 0.6 is 0 Å². The lowest BCUT2D eigenvalue weighted by atomic mass is 10.2. The zero-order valence-electron chi connectivity index (χ0n) is 15.1. The number of hydrogen-bond donors (Lipinski definition) is 2. The Morgan fingerprint density at radius 1 is 1.03 bits per heavy atom. The molecule has 0 aliphatic carbocycles. The van der Waals surface area contributed by atoms with Crippen molar-refractivity contribution in [3.63, 3.8) is 0 Å². The average molecular weight is 386 g/mol. The van der Waals surface area contributed by atoms with Crippen LogP contribution in [0.1, 0.15) is 5.56 Å². The van der Waals surface area contributed by atoms with Crippen molar-refractivity contribution in [3.05, 3.63) is 88.7 Å². The van der Waals surface area contributed by atoms with Gasteiger partial charge in [0.1, 0.15) is 11.3 Å². The van der Waals surface area contributed by atoms with Gasteiger partial charge in [-0.15, -0.1) is 0 Å². The zero-order valence-corrected chi connectivity index (χ0v) is 15.1. The topological polar surface area (TPSA) is 88.5 Å². The first-order valence-electron chi connectivity index (χ1n) is 9.00. The molecule has 2 N–H and O–H groups in total. The van der Waals surface area contributed by atoms with E-state index in [9.17, 15) is 9.18 Å². The average Bonchev–Trinajstić information content (AvgIpc) is 3.24. The molecule has 0 saturated heterocycles. The molecule has 0 unspecified atom stereocenters. The second-order valence-electron chi connectivity index (χ2n) is 6.50. The molecule has 0 aliphatic rings. The number of rotatable bonds is 4. The number of nitrogens with zero attached hydrogens (tertiary/aromatic N) is 4. The van der Waals surface area contributed by atoms with E-state index in [2.05, 4.69) is 25.5 Å². The van der Waals surface area contributed by atoms with Gasteiger partial charge in [-0.2, -0.15) is 10.1 Å². The van der Waals surface area contributed by atoms with Crippen LogP contribution in [-0.4, -0.2) is 24.7 Å². The van der Waals surface area contributed by atoms with E-state index < -0.39 is 0 Å². The molecule has 3 heterocycles. The number of para-hydroxylation sites is 1. The number of aromatic nitrogens is 5. The Bertz CT molecular complexity index is 1390. The van der Waals surface area contributed by atoms with Crippen LogP contribution in [0.3, 0.4) is 0 Å². The molecule has 7 nitrogen and oxygen atoms in total. The summed E-state index contributed by atoms with van der Waals surface area (Å²) in [5, 5.41) is 11.1. The number of hydrogen-bond acceptors (Lipinski definition) is 5. The van der Waals surface area contributed by atoms with Gasteiger partial charge >= 0.3 is 0 Å². The van der Waals surface area contributed by atoms with Crippen molar-refractivity contribution < 1.29 is 4.39 Å². The van der Waals surface area contributed by atoms with Crippen molar-refractivity contribution >= 4 is 27.9 Å². The molecule has 0 bridgehead atoms. The summed E-state index contributed by atoms with van der Waals surface area (Å²) in [6.07, 6.45) is 3.19. The monoisotopic (exact) mass is 386 g/mol. The molecule has 5 rings (SSSR count). The number of halogens is 1. The normalized spacial score (nSPS) is 11.2. The number of pyridine rings is 1. The first kappa shape index (κ1) is 17.1. The van der Waals surface area contributed by atoms with E-state index >= 15 is 0 Å². The second kappa shape index (κ2) is 6.83. The van der Waals surface area contributed by atoms with Gasteiger partial charge in [0.25, 0.3) is 5.56 Å². The van der Waals surface area contributed by atoms with Gasteiger partial charge in [-0.25, -0.2) is 9.37 Å². The largest absolute Gasteiger partial charge is 0.350 e. The maximum absolute atomic E-state index is 13.9. The van der Waals surface area contributed by atoms with Crippen LogP contribution in [0.5, 0.6) is 0 Å². The van der Waals surface area contributed by atoms with Gasteiger partial charge in [-0.3, -0.25) is 14.5 Å². The van der Waals surface area contributed by atoms with Gasteiger partial charge in [0.15, 0.2) is 5.65 Å². The van der Waals surface area contributed by atoms with Crippen molar-refractivity contribution in [3.8, 4) is 5.69 Å². The fourth-order valence-corrected chi connectivity index (χ4v) is 3.30. The molecule has 2 aromatic carbocycles. The predicted molar refractivity (Wildman–Crippen MR) is 109 cm³/mol. The van der Waals surface area contributed by atoms with Crippen LogP contribution in [0.25, 0.3) is 27.6 Å². The summed E-state index contributed by atoms with van der Waals surface area (Å²) in [5.74, 6) is -0.0139. The van der Waals surface area contributed by atoms with E-state index in [-0.39, 0.29) is 17.9 Å². The first-order valence-corrected chi connectivity index (χ1v) is 9.00. The molecule has 0 amide bonds. The number of fused-ring (bicyclic) bond motifs is 3. The summed E-state index contributed by atoms with van der Waals surface area (Å²) in [6, 6.07) is 15.8. The summed E-state index contributed by atoms with van der Waals surface area (Å²) in [5.41, 5.74) is 1.89.